The van der Waals surface area contributed by atoms with Crippen LogP contribution >= 0.6 is 0 Å². The van der Waals surface area contributed by atoms with Crippen LogP contribution < -0.4 is 15.0 Å². The largest absolute Gasteiger partial charge is 0.481 e. The lowest BCUT2D eigenvalue weighted by Gasteiger charge is -2.33. The van der Waals surface area contributed by atoms with E-state index in [1.807, 2.05) is 0 Å². The second-order valence-corrected chi connectivity index (χ2v) is 6.44. The molecule has 1 amide bonds. The van der Waals surface area contributed by atoms with Crippen LogP contribution in [0.25, 0.3) is 0 Å². The Balaban J connectivity index is 1.41. The fourth-order valence-corrected chi connectivity index (χ4v) is 3.10. The van der Waals surface area contributed by atoms with E-state index in [1.54, 1.807) is 30.5 Å². The molecule has 0 unspecified atom stereocenters. The number of ether oxygens (including phenoxy) is 1. The number of hydrogen-bond donors (Lipinski definition) is 1. The molecule has 1 aromatic heterocycles. The molecule has 1 aromatic carbocycles. The SMILES string of the molecule is N#Cc1cccnc1N1CCC(CNC(=O)COc2ccccc2F)CC1. The summed E-state index contributed by atoms with van der Waals surface area (Å²) in [5, 5.41) is 12.0. The fourth-order valence-electron chi connectivity index (χ4n) is 3.10. The highest BCUT2D eigenvalue weighted by molar-refractivity contribution is 5.77. The number of hydrogen-bond acceptors (Lipinski definition) is 5. The molecule has 7 heteroatoms. The zero-order valence-corrected chi connectivity index (χ0v) is 14.9. The summed E-state index contributed by atoms with van der Waals surface area (Å²) in [5.74, 6) is 0.402. The van der Waals surface area contributed by atoms with Crippen molar-refractivity contribution in [1.82, 2.24) is 10.3 Å². The highest BCUT2D eigenvalue weighted by Gasteiger charge is 2.22. The molecule has 0 radical (unpaired) electrons. The van der Waals surface area contributed by atoms with Crippen LogP contribution in [-0.4, -0.2) is 37.1 Å². The van der Waals surface area contributed by atoms with Crippen molar-refractivity contribution in [2.24, 2.45) is 5.92 Å². The van der Waals surface area contributed by atoms with E-state index >= 15 is 0 Å². The number of carbonyl (C=O) groups is 1. The summed E-state index contributed by atoms with van der Waals surface area (Å²) in [7, 11) is 0. The van der Waals surface area contributed by atoms with Gasteiger partial charge >= 0.3 is 0 Å². The first kappa shape index (κ1) is 18.6. The van der Waals surface area contributed by atoms with Gasteiger partial charge in [-0.05, 0) is 43.0 Å². The topological polar surface area (TPSA) is 78.3 Å². The molecule has 140 valence electrons. The summed E-state index contributed by atoms with van der Waals surface area (Å²) >= 11 is 0. The molecule has 2 aromatic rings. The van der Waals surface area contributed by atoms with E-state index in [2.05, 4.69) is 21.3 Å². The van der Waals surface area contributed by atoms with E-state index in [0.717, 1.165) is 31.7 Å². The zero-order chi connectivity index (χ0) is 19.1. The Morgan fingerprint density at radius 3 is 2.81 bits per heavy atom. The maximum atomic E-state index is 13.5. The Hall–Kier alpha value is -3.14. The van der Waals surface area contributed by atoms with Crippen molar-refractivity contribution in [2.45, 2.75) is 12.8 Å². The van der Waals surface area contributed by atoms with Crippen molar-refractivity contribution in [3.63, 3.8) is 0 Å². The molecule has 2 heterocycles. The first-order chi connectivity index (χ1) is 13.2. The summed E-state index contributed by atoms with van der Waals surface area (Å²) < 4.78 is 18.7. The van der Waals surface area contributed by atoms with E-state index in [4.69, 9.17) is 4.74 Å². The minimum Gasteiger partial charge on any atom is -0.481 e. The zero-order valence-electron chi connectivity index (χ0n) is 14.9. The average Bonchev–Trinajstić information content (AvgIpc) is 2.72. The van der Waals surface area contributed by atoms with Crippen LogP contribution in [0.4, 0.5) is 10.2 Å². The molecule has 27 heavy (non-hydrogen) atoms. The summed E-state index contributed by atoms with van der Waals surface area (Å²) in [6, 6.07) is 11.7. The molecule has 1 aliphatic heterocycles. The van der Waals surface area contributed by atoms with Crippen molar-refractivity contribution in [3.8, 4) is 11.8 Å². The van der Waals surface area contributed by atoms with Gasteiger partial charge in [-0.2, -0.15) is 5.26 Å². The predicted octanol–water partition coefficient (Wildman–Crippen LogP) is 2.50. The highest BCUT2D eigenvalue weighted by Crippen LogP contribution is 2.23. The quantitative estimate of drug-likeness (QED) is 0.848. The highest BCUT2D eigenvalue weighted by atomic mass is 19.1. The predicted molar refractivity (Wildman–Crippen MR) is 98.8 cm³/mol. The fraction of sp³-hybridized carbons (Fsp3) is 0.350. The smallest absolute Gasteiger partial charge is 0.257 e. The van der Waals surface area contributed by atoms with Crippen LogP contribution in [0.3, 0.4) is 0 Å². The Kier molecular flexibility index (Phi) is 6.21. The molecule has 1 N–H and O–H groups in total. The molecule has 1 saturated heterocycles. The Morgan fingerprint density at radius 1 is 1.30 bits per heavy atom. The number of halogens is 1. The third-order valence-corrected chi connectivity index (χ3v) is 4.60. The van der Waals surface area contributed by atoms with Gasteiger partial charge < -0.3 is 15.0 Å². The van der Waals surface area contributed by atoms with Crippen molar-refractivity contribution in [1.29, 1.82) is 5.26 Å². The third-order valence-electron chi connectivity index (χ3n) is 4.60. The van der Waals surface area contributed by atoms with Crippen molar-refractivity contribution in [2.75, 3.05) is 31.1 Å². The van der Waals surface area contributed by atoms with Crippen LogP contribution in [0, 0.1) is 23.1 Å². The number of anilines is 1. The molecular formula is C20H21FN4O2. The maximum absolute atomic E-state index is 13.5. The number of pyridine rings is 1. The first-order valence-electron chi connectivity index (χ1n) is 8.91. The van der Waals surface area contributed by atoms with Gasteiger partial charge in [0.05, 0.1) is 5.56 Å². The lowest BCUT2D eigenvalue weighted by Crippen LogP contribution is -2.40. The number of nitrogens with zero attached hydrogens (tertiary/aromatic N) is 3. The van der Waals surface area contributed by atoms with Crippen molar-refractivity contribution < 1.29 is 13.9 Å². The number of amides is 1. The van der Waals surface area contributed by atoms with E-state index in [-0.39, 0.29) is 18.3 Å². The van der Waals surface area contributed by atoms with Gasteiger partial charge in [0.1, 0.15) is 11.9 Å². The lowest BCUT2D eigenvalue weighted by atomic mass is 9.96. The number of rotatable bonds is 6. The molecule has 0 saturated carbocycles. The van der Waals surface area contributed by atoms with Gasteiger partial charge in [0.15, 0.2) is 18.2 Å². The monoisotopic (exact) mass is 368 g/mol. The second-order valence-electron chi connectivity index (χ2n) is 6.44. The van der Waals surface area contributed by atoms with E-state index in [9.17, 15) is 14.4 Å². The van der Waals surface area contributed by atoms with Crippen molar-refractivity contribution in [3.05, 3.63) is 54.0 Å². The average molecular weight is 368 g/mol. The molecule has 0 bridgehead atoms. The van der Waals surface area contributed by atoms with Gasteiger partial charge in [-0.3, -0.25) is 4.79 Å². The number of aromatic nitrogens is 1. The van der Waals surface area contributed by atoms with Gasteiger partial charge in [0.2, 0.25) is 0 Å². The van der Waals surface area contributed by atoms with E-state index in [0.29, 0.717) is 18.0 Å². The number of para-hydroxylation sites is 1. The molecule has 1 fully saturated rings. The van der Waals surface area contributed by atoms with Gasteiger partial charge in [0, 0.05) is 25.8 Å². The van der Waals surface area contributed by atoms with Gasteiger partial charge in [-0.25, -0.2) is 9.37 Å². The Bertz CT molecular complexity index is 829. The Morgan fingerprint density at radius 2 is 2.07 bits per heavy atom. The van der Waals surface area contributed by atoms with Crippen LogP contribution in [0.2, 0.25) is 0 Å². The van der Waals surface area contributed by atoms with Crippen molar-refractivity contribution >= 4 is 11.7 Å². The molecule has 0 atom stereocenters. The van der Waals surface area contributed by atoms with Crippen LogP contribution in [0.15, 0.2) is 42.6 Å². The number of nitrogens with one attached hydrogen (secondary N) is 1. The molecular weight excluding hydrogens is 347 g/mol. The van der Waals surface area contributed by atoms with E-state index in [1.165, 1.54) is 12.1 Å². The molecule has 6 nitrogen and oxygen atoms in total. The summed E-state index contributed by atoms with van der Waals surface area (Å²) in [5.41, 5.74) is 0.578. The van der Waals surface area contributed by atoms with Gasteiger partial charge in [0.25, 0.3) is 5.91 Å². The second kappa shape index (κ2) is 8.99. The standard InChI is InChI=1S/C20H21FN4O2/c21-17-5-1-2-6-18(17)27-14-19(26)24-13-15-7-10-25(11-8-15)20-16(12-22)4-3-9-23-20/h1-6,9,15H,7-8,10-11,13-14H2,(H,24,26). The summed E-state index contributed by atoms with van der Waals surface area (Å²) in [4.78, 5) is 18.4. The third kappa shape index (κ3) is 4.94. The normalized spacial score (nSPS) is 14.4. The lowest BCUT2D eigenvalue weighted by molar-refractivity contribution is -0.123. The minimum absolute atomic E-state index is 0.0737. The number of nitriles is 1. The summed E-state index contributed by atoms with van der Waals surface area (Å²) in [6.07, 6.45) is 3.49. The van der Waals surface area contributed by atoms with Gasteiger partial charge in [-0.1, -0.05) is 12.1 Å². The first-order valence-corrected chi connectivity index (χ1v) is 8.91. The number of carbonyl (C=O) groups excluding carboxylic acids is 1. The van der Waals surface area contributed by atoms with Crippen LogP contribution in [-0.2, 0) is 4.79 Å². The number of benzene rings is 1. The Labute approximate surface area is 157 Å². The van der Waals surface area contributed by atoms with Gasteiger partial charge in [-0.15, -0.1) is 0 Å². The molecule has 0 spiro atoms. The maximum Gasteiger partial charge on any atom is 0.257 e. The molecule has 0 aliphatic carbocycles. The molecule has 1 aliphatic rings. The number of piperidine rings is 1. The van der Waals surface area contributed by atoms with Crippen LogP contribution in [0.1, 0.15) is 18.4 Å². The minimum atomic E-state index is -0.482. The molecule has 3 rings (SSSR count). The van der Waals surface area contributed by atoms with E-state index < -0.39 is 5.82 Å². The van der Waals surface area contributed by atoms with Crippen LogP contribution in [0.5, 0.6) is 5.75 Å². The summed E-state index contributed by atoms with van der Waals surface area (Å²) in [6.45, 7) is 1.93.